The summed E-state index contributed by atoms with van der Waals surface area (Å²) < 4.78 is 6.30. The second kappa shape index (κ2) is 4.88. The Bertz CT molecular complexity index is 466. The first kappa shape index (κ1) is 12.7. The first-order valence-electron chi connectivity index (χ1n) is 4.97. The molecule has 1 aliphatic rings. The van der Waals surface area contributed by atoms with Crippen LogP contribution in [-0.4, -0.2) is 42.5 Å². The van der Waals surface area contributed by atoms with Crippen LogP contribution in [0.1, 0.15) is 6.23 Å². The van der Waals surface area contributed by atoms with Gasteiger partial charge in [-0.3, -0.25) is 4.57 Å². The summed E-state index contributed by atoms with van der Waals surface area (Å²) in [5.41, 5.74) is 4.79. The third-order valence-corrected chi connectivity index (χ3v) is 4.13. The largest absolute Gasteiger partial charge is 0.394 e. The van der Waals surface area contributed by atoms with Gasteiger partial charge in [-0.1, -0.05) is 22.6 Å². The van der Waals surface area contributed by atoms with Crippen molar-refractivity contribution in [2.24, 2.45) is 0 Å². The summed E-state index contributed by atoms with van der Waals surface area (Å²) in [5, 5.41) is 19.0. The van der Waals surface area contributed by atoms with Crippen molar-refractivity contribution in [1.82, 2.24) is 9.55 Å². The van der Waals surface area contributed by atoms with E-state index >= 15 is 0 Å². The Morgan fingerprint density at radius 1 is 1.65 bits per heavy atom. The molecule has 1 aliphatic heterocycles. The van der Waals surface area contributed by atoms with Gasteiger partial charge in [0.15, 0.2) is 6.23 Å². The van der Waals surface area contributed by atoms with E-state index in [4.69, 9.17) is 15.6 Å². The van der Waals surface area contributed by atoms with Crippen molar-refractivity contribution in [1.29, 1.82) is 0 Å². The molecule has 1 aromatic heterocycles. The number of aliphatic hydroxyl groups excluding tert-OH is 2. The molecule has 1 saturated heterocycles. The minimum Gasteiger partial charge on any atom is -0.394 e. The first-order valence-corrected chi connectivity index (χ1v) is 6.22. The second-order valence-corrected chi connectivity index (χ2v) is 5.16. The quantitative estimate of drug-likeness (QED) is 0.459. The summed E-state index contributed by atoms with van der Waals surface area (Å²) in [6.45, 7) is -0.210. The molecule has 8 heteroatoms. The predicted molar refractivity (Wildman–Crippen MR) is 67.7 cm³/mol. The molecule has 0 spiro atoms. The van der Waals surface area contributed by atoms with Crippen LogP contribution in [-0.2, 0) is 4.74 Å². The lowest BCUT2D eigenvalue weighted by molar-refractivity contribution is -0.0528. The number of rotatable bonds is 2. The summed E-state index contributed by atoms with van der Waals surface area (Å²) in [7, 11) is 0. The van der Waals surface area contributed by atoms with Crippen molar-refractivity contribution < 1.29 is 14.9 Å². The summed E-state index contributed by atoms with van der Waals surface area (Å²) >= 11 is 1.98. The highest BCUT2D eigenvalue weighted by Crippen LogP contribution is 2.33. The molecule has 0 aromatic carbocycles. The molecule has 0 amide bonds. The van der Waals surface area contributed by atoms with Gasteiger partial charge in [0.2, 0.25) is 0 Å². The zero-order valence-electron chi connectivity index (χ0n) is 8.73. The Hall–Kier alpha value is -0.710. The fraction of sp³-hybridized carbons (Fsp3) is 0.556. The standard InChI is InChI=1S/C9H12IN3O4/c10-6-4(3-14)17-8(7(6)15)13-2-1-5(11)12-9(13)16/h1-2,4,6-8,14-15H,3H2,(H2,11,12,16)/t4-,6-,7-,8-/m1/s1. The number of anilines is 1. The number of hydrogen-bond donors (Lipinski definition) is 3. The fourth-order valence-electron chi connectivity index (χ4n) is 1.71. The molecule has 2 heterocycles. The average Bonchev–Trinajstić information content (AvgIpc) is 2.57. The molecule has 0 radical (unpaired) electrons. The lowest BCUT2D eigenvalue weighted by atomic mass is 10.2. The molecule has 0 unspecified atom stereocenters. The van der Waals surface area contributed by atoms with Crippen LogP contribution >= 0.6 is 22.6 Å². The van der Waals surface area contributed by atoms with Crippen LogP contribution in [0.5, 0.6) is 0 Å². The van der Waals surface area contributed by atoms with Gasteiger partial charge in [-0.15, -0.1) is 0 Å². The van der Waals surface area contributed by atoms with E-state index in [1.54, 1.807) is 0 Å². The van der Waals surface area contributed by atoms with Gasteiger partial charge in [-0.25, -0.2) is 4.79 Å². The van der Waals surface area contributed by atoms with Gasteiger partial charge >= 0.3 is 5.69 Å². The Kier molecular flexibility index (Phi) is 3.66. The molecule has 0 aliphatic carbocycles. The minimum absolute atomic E-state index is 0.114. The van der Waals surface area contributed by atoms with Crippen LogP contribution in [0.25, 0.3) is 0 Å². The van der Waals surface area contributed by atoms with E-state index in [-0.39, 0.29) is 16.3 Å². The lowest BCUT2D eigenvalue weighted by Crippen LogP contribution is -2.33. The monoisotopic (exact) mass is 353 g/mol. The Morgan fingerprint density at radius 2 is 2.35 bits per heavy atom. The zero-order chi connectivity index (χ0) is 12.6. The van der Waals surface area contributed by atoms with Gasteiger partial charge in [0, 0.05) is 6.20 Å². The van der Waals surface area contributed by atoms with Crippen molar-refractivity contribution in [3.05, 3.63) is 22.7 Å². The lowest BCUT2D eigenvalue weighted by Gasteiger charge is -2.16. The summed E-state index contributed by atoms with van der Waals surface area (Å²) in [6.07, 6.45) is -0.799. The normalized spacial score (nSPS) is 32.9. The Balaban J connectivity index is 2.32. The van der Waals surface area contributed by atoms with Gasteiger partial charge in [-0.2, -0.15) is 4.98 Å². The maximum absolute atomic E-state index is 11.6. The van der Waals surface area contributed by atoms with E-state index in [0.29, 0.717) is 0 Å². The highest BCUT2D eigenvalue weighted by atomic mass is 127. The number of nitrogen functional groups attached to an aromatic ring is 1. The molecule has 17 heavy (non-hydrogen) atoms. The zero-order valence-corrected chi connectivity index (χ0v) is 10.9. The molecule has 4 N–H and O–H groups in total. The summed E-state index contributed by atoms with van der Waals surface area (Å²) in [4.78, 5) is 15.1. The molecule has 0 saturated carbocycles. The van der Waals surface area contributed by atoms with Crippen LogP contribution in [0.15, 0.2) is 17.1 Å². The van der Waals surface area contributed by atoms with Crippen molar-refractivity contribution in [3.63, 3.8) is 0 Å². The van der Waals surface area contributed by atoms with Crippen molar-refractivity contribution >= 4 is 28.4 Å². The van der Waals surface area contributed by atoms with E-state index in [1.807, 2.05) is 22.6 Å². The molecular formula is C9H12IN3O4. The molecule has 2 rings (SSSR count). The van der Waals surface area contributed by atoms with Gasteiger partial charge in [0.05, 0.1) is 16.6 Å². The molecule has 1 fully saturated rings. The number of halogens is 1. The number of hydrogen-bond acceptors (Lipinski definition) is 6. The third-order valence-electron chi connectivity index (χ3n) is 2.59. The Morgan fingerprint density at radius 3 is 2.88 bits per heavy atom. The molecule has 94 valence electrons. The van der Waals surface area contributed by atoms with Crippen LogP contribution in [0.3, 0.4) is 0 Å². The summed E-state index contributed by atoms with van der Waals surface area (Å²) in [5.74, 6) is 0.114. The van der Waals surface area contributed by atoms with Crippen molar-refractivity contribution in [2.75, 3.05) is 12.3 Å². The third kappa shape index (κ3) is 2.30. The average molecular weight is 353 g/mol. The Labute approximate surface area is 110 Å². The smallest absolute Gasteiger partial charge is 0.351 e. The predicted octanol–water partition coefficient (Wildman–Crippen LogP) is -1.12. The van der Waals surface area contributed by atoms with Gasteiger partial charge in [-0.05, 0) is 6.07 Å². The number of nitrogens with two attached hydrogens (primary N) is 1. The van der Waals surface area contributed by atoms with Crippen LogP contribution in [0.4, 0.5) is 5.82 Å². The van der Waals surface area contributed by atoms with Crippen molar-refractivity contribution in [2.45, 2.75) is 22.4 Å². The van der Waals surface area contributed by atoms with Gasteiger partial charge in [0.1, 0.15) is 11.9 Å². The molecule has 4 atom stereocenters. The van der Waals surface area contributed by atoms with Crippen molar-refractivity contribution in [3.8, 4) is 0 Å². The highest BCUT2D eigenvalue weighted by Gasteiger charge is 2.43. The van der Waals surface area contributed by atoms with E-state index in [9.17, 15) is 9.90 Å². The first-order chi connectivity index (χ1) is 8.04. The highest BCUT2D eigenvalue weighted by molar-refractivity contribution is 14.1. The summed E-state index contributed by atoms with van der Waals surface area (Å²) in [6, 6.07) is 1.45. The van der Waals surface area contributed by atoms with E-state index in [2.05, 4.69) is 4.98 Å². The minimum atomic E-state index is -0.879. The van der Waals surface area contributed by atoms with Gasteiger partial charge < -0.3 is 20.7 Å². The molecular weight excluding hydrogens is 341 g/mol. The number of aromatic nitrogens is 2. The van der Waals surface area contributed by atoms with Crippen LogP contribution in [0, 0.1) is 0 Å². The maximum Gasteiger partial charge on any atom is 0.351 e. The SMILES string of the molecule is Nc1ccn([C@@H]2O[C@H](CO)[C@@H](I)[C@H]2O)c(=O)n1. The maximum atomic E-state index is 11.6. The number of nitrogens with zero attached hydrogens (tertiary/aromatic N) is 2. The molecule has 0 bridgehead atoms. The van der Waals surface area contributed by atoms with E-state index in [0.717, 1.165) is 0 Å². The van der Waals surface area contributed by atoms with Crippen LogP contribution < -0.4 is 11.4 Å². The van der Waals surface area contributed by atoms with E-state index in [1.165, 1.54) is 16.8 Å². The number of alkyl halides is 1. The molecule has 1 aromatic rings. The molecule has 7 nitrogen and oxygen atoms in total. The van der Waals surface area contributed by atoms with Gasteiger partial charge in [0.25, 0.3) is 0 Å². The number of ether oxygens (including phenoxy) is 1. The van der Waals surface area contributed by atoms with Crippen LogP contribution in [0.2, 0.25) is 0 Å². The fourth-order valence-corrected chi connectivity index (χ4v) is 2.46. The topological polar surface area (TPSA) is 111 Å². The second-order valence-electron chi connectivity index (χ2n) is 3.72. The number of aliphatic hydroxyl groups is 2. The van der Waals surface area contributed by atoms with E-state index < -0.39 is 24.1 Å².